The molecule has 0 unspecified atom stereocenters. The Kier molecular flexibility index (Phi) is 3.84. The fraction of sp³-hybridized carbons (Fsp3) is 0.615. The van der Waals surface area contributed by atoms with Crippen LogP contribution in [0.3, 0.4) is 0 Å². The van der Waals surface area contributed by atoms with E-state index in [0.29, 0.717) is 18.3 Å². The Balaban J connectivity index is 2.32. The standard InChI is InChI=1S/C13H21N3O/c1-17-13-10(8-14)7-11(15)12(16-13)9-5-3-2-4-6-9/h7,9H,2-6,8,14-15H2,1H3. The Morgan fingerprint density at radius 3 is 2.65 bits per heavy atom. The molecule has 1 heterocycles. The highest BCUT2D eigenvalue weighted by molar-refractivity contribution is 5.50. The van der Waals surface area contributed by atoms with Crippen LogP contribution in [0, 0.1) is 0 Å². The molecule has 1 aromatic rings. The second-order valence-corrected chi connectivity index (χ2v) is 4.67. The molecule has 0 atom stereocenters. The maximum Gasteiger partial charge on any atom is 0.217 e. The molecule has 0 bridgehead atoms. The summed E-state index contributed by atoms with van der Waals surface area (Å²) in [5.41, 5.74) is 14.4. The van der Waals surface area contributed by atoms with E-state index in [1.165, 1.54) is 32.1 Å². The van der Waals surface area contributed by atoms with E-state index in [4.69, 9.17) is 16.2 Å². The number of pyridine rings is 1. The fourth-order valence-corrected chi connectivity index (χ4v) is 2.60. The summed E-state index contributed by atoms with van der Waals surface area (Å²) in [6.07, 6.45) is 6.23. The zero-order valence-corrected chi connectivity index (χ0v) is 10.4. The highest BCUT2D eigenvalue weighted by atomic mass is 16.5. The molecular weight excluding hydrogens is 214 g/mol. The number of nitrogen functional groups attached to an aromatic ring is 1. The van der Waals surface area contributed by atoms with Gasteiger partial charge in [0.15, 0.2) is 0 Å². The van der Waals surface area contributed by atoms with Crippen molar-refractivity contribution >= 4 is 5.69 Å². The lowest BCUT2D eigenvalue weighted by atomic mass is 9.86. The van der Waals surface area contributed by atoms with Gasteiger partial charge in [-0.25, -0.2) is 4.98 Å². The summed E-state index contributed by atoms with van der Waals surface area (Å²) >= 11 is 0. The second kappa shape index (κ2) is 5.36. The lowest BCUT2D eigenvalue weighted by Gasteiger charge is -2.23. The van der Waals surface area contributed by atoms with Gasteiger partial charge in [-0.05, 0) is 18.9 Å². The van der Waals surface area contributed by atoms with Gasteiger partial charge in [0.2, 0.25) is 5.88 Å². The fourth-order valence-electron chi connectivity index (χ4n) is 2.60. The Hall–Kier alpha value is -1.29. The smallest absolute Gasteiger partial charge is 0.217 e. The topological polar surface area (TPSA) is 74.2 Å². The number of methoxy groups -OCH3 is 1. The molecule has 1 aliphatic rings. The molecule has 0 saturated heterocycles. The molecule has 1 fully saturated rings. The molecule has 0 aliphatic heterocycles. The molecule has 1 aliphatic carbocycles. The third-order valence-electron chi connectivity index (χ3n) is 3.53. The molecule has 1 saturated carbocycles. The van der Waals surface area contributed by atoms with E-state index in [1.54, 1.807) is 7.11 Å². The van der Waals surface area contributed by atoms with Gasteiger partial charge in [-0.1, -0.05) is 19.3 Å². The molecule has 4 heteroatoms. The van der Waals surface area contributed by atoms with Crippen molar-refractivity contribution in [3.8, 4) is 5.88 Å². The SMILES string of the molecule is COc1nc(C2CCCCC2)c(N)cc1CN. The van der Waals surface area contributed by atoms with Gasteiger partial charge in [-0.3, -0.25) is 0 Å². The average Bonchev–Trinajstić information content (AvgIpc) is 2.39. The molecule has 0 aromatic carbocycles. The Morgan fingerprint density at radius 1 is 1.35 bits per heavy atom. The van der Waals surface area contributed by atoms with Crippen LogP contribution in [0.25, 0.3) is 0 Å². The van der Waals surface area contributed by atoms with Crippen LogP contribution in [0.5, 0.6) is 5.88 Å². The lowest BCUT2D eigenvalue weighted by Crippen LogP contribution is -2.12. The van der Waals surface area contributed by atoms with Gasteiger partial charge in [-0.15, -0.1) is 0 Å². The highest BCUT2D eigenvalue weighted by Crippen LogP contribution is 2.36. The molecule has 0 amide bonds. The van der Waals surface area contributed by atoms with Gasteiger partial charge in [0.1, 0.15) is 0 Å². The quantitative estimate of drug-likeness (QED) is 0.842. The maximum absolute atomic E-state index is 6.08. The number of anilines is 1. The van der Waals surface area contributed by atoms with E-state index in [2.05, 4.69) is 4.98 Å². The van der Waals surface area contributed by atoms with Crippen LogP contribution >= 0.6 is 0 Å². The van der Waals surface area contributed by atoms with Gasteiger partial charge < -0.3 is 16.2 Å². The number of rotatable bonds is 3. The monoisotopic (exact) mass is 235 g/mol. The predicted octanol–water partition coefficient (Wildman–Crippen LogP) is 2.18. The largest absolute Gasteiger partial charge is 0.481 e. The van der Waals surface area contributed by atoms with Crippen LogP contribution in [-0.4, -0.2) is 12.1 Å². The van der Waals surface area contributed by atoms with Crippen molar-refractivity contribution < 1.29 is 4.74 Å². The van der Waals surface area contributed by atoms with Gasteiger partial charge in [0.25, 0.3) is 0 Å². The van der Waals surface area contributed by atoms with E-state index in [-0.39, 0.29) is 0 Å². The normalized spacial score (nSPS) is 17.1. The lowest BCUT2D eigenvalue weighted by molar-refractivity contribution is 0.383. The minimum absolute atomic E-state index is 0.408. The molecule has 2 rings (SSSR count). The highest BCUT2D eigenvalue weighted by Gasteiger charge is 2.21. The van der Waals surface area contributed by atoms with Gasteiger partial charge >= 0.3 is 0 Å². The summed E-state index contributed by atoms with van der Waals surface area (Å²) < 4.78 is 5.28. The Bertz CT molecular complexity index is 386. The zero-order valence-electron chi connectivity index (χ0n) is 10.4. The van der Waals surface area contributed by atoms with Gasteiger partial charge in [-0.2, -0.15) is 0 Å². The first-order valence-corrected chi connectivity index (χ1v) is 6.29. The van der Waals surface area contributed by atoms with Crippen LogP contribution in [0.1, 0.15) is 49.3 Å². The van der Waals surface area contributed by atoms with Crippen LogP contribution in [0.2, 0.25) is 0 Å². The Morgan fingerprint density at radius 2 is 2.06 bits per heavy atom. The molecule has 94 valence electrons. The Labute approximate surface area is 102 Å². The average molecular weight is 235 g/mol. The van der Waals surface area contributed by atoms with Gasteiger partial charge in [0.05, 0.1) is 18.5 Å². The molecule has 4 N–H and O–H groups in total. The molecular formula is C13H21N3O. The molecule has 0 radical (unpaired) electrons. The third kappa shape index (κ3) is 2.52. The van der Waals surface area contributed by atoms with E-state index < -0.39 is 0 Å². The van der Waals surface area contributed by atoms with Crippen molar-refractivity contribution in [1.82, 2.24) is 4.98 Å². The van der Waals surface area contributed by atoms with Crippen LogP contribution in [0.4, 0.5) is 5.69 Å². The van der Waals surface area contributed by atoms with Crippen molar-refractivity contribution in [3.05, 3.63) is 17.3 Å². The number of nitrogens with zero attached hydrogens (tertiary/aromatic N) is 1. The summed E-state index contributed by atoms with van der Waals surface area (Å²) in [5.74, 6) is 1.12. The van der Waals surface area contributed by atoms with E-state index >= 15 is 0 Å². The van der Waals surface area contributed by atoms with Crippen molar-refractivity contribution in [2.75, 3.05) is 12.8 Å². The molecule has 0 spiro atoms. The predicted molar refractivity (Wildman–Crippen MR) is 68.9 cm³/mol. The summed E-state index contributed by atoms with van der Waals surface area (Å²) in [7, 11) is 1.63. The first-order valence-electron chi connectivity index (χ1n) is 6.29. The van der Waals surface area contributed by atoms with Crippen molar-refractivity contribution in [2.45, 2.75) is 44.6 Å². The third-order valence-corrected chi connectivity index (χ3v) is 3.53. The molecule has 1 aromatic heterocycles. The summed E-state index contributed by atoms with van der Waals surface area (Å²) in [5, 5.41) is 0. The van der Waals surface area contributed by atoms with Gasteiger partial charge in [0, 0.05) is 18.0 Å². The van der Waals surface area contributed by atoms with E-state index in [9.17, 15) is 0 Å². The van der Waals surface area contributed by atoms with E-state index in [0.717, 1.165) is 16.9 Å². The number of hydrogen-bond donors (Lipinski definition) is 2. The summed E-state index contributed by atoms with van der Waals surface area (Å²) in [6.45, 7) is 0.408. The van der Waals surface area contributed by atoms with Crippen molar-refractivity contribution in [2.24, 2.45) is 5.73 Å². The first kappa shape index (κ1) is 12.2. The van der Waals surface area contributed by atoms with Crippen molar-refractivity contribution in [1.29, 1.82) is 0 Å². The maximum atomic E-state index is 6.08. The number of ether oxygens (including phenoxy) is 1. The van der Waals surface area contributed by atoms with Crippen LogP contribution in [0.15, 0.2) is 6.07 Å². The van der Waals surface area contributed by atoms with Crippen LogP contribution < -0.4 is 16.2 Å². The first-order chi connectivity index (χ1) is 8.26. The number of aromatic nitrogens is 1. The van der Waals surface area contributed by atoms with Crippen LogP contribution in [-0.2, 0) is 6.54 Å². The summed E-state index contributed by atoms with van der Waals surface area (Å²) in [6, 6.07) is 1.91. The minimum Gasteiger partial charge on any atom is -0.481 e. The second-order valence-electron chi connectivity index (χ2n) is 4.67. The minimum atomic E-state index is 0.408. The summed E-state index contributed by atoms with van der Waals surface area (Å²) in [4.78, 5) is 4.56. The number of nitrogens with two attached hydrogens (primary N) is 2. The van der Waals surface area contributed by atoms with E-state index in [1.807, 2.05) is 6.07 Å². The molecule has 17 heavy (non-hydrogen) atoms. The van der Waals surface area contributed by atoms with Crippen molar-refractivity contribution in [3.63, 3.8) is 0 Å². The molecule has 4 nitrogen and oxygen atoms in total. The number of hydrogen-bond acceptors (Lipinski definition) is 4. The zero-order chi connectivity index (χ0) is 12.3.